The molecule has 172 valence electrons. The van der Waals surface area contributed by atoms with Crippen LogP contribution in [0.4, 0.5) is 8.78 Å². The molecule has 1 aromatic heterocycles. The molecular formula is C22H19ClF2N4O3S. The van der Waals surface area contributed by atoms with E-state index < -0.39 is 17.2 Å². The lowest BCUT2D eigenvalue weighted by molar-refractivity contribution is -0.136. The van der Waals surface area contributed by atoms with E-state index in [0.717, 1.165) is 28.5 Å². The summed E-state index contributed by atoms with van der Waals surface area (Å²) >= 11 is 7.00. The maximum absolute atomic E-state index is 14.6. The molecule has 2 amide bonds. The lowest BCUT2D eigenvalue weighted by Crippen LogP contribution is -2.50. The number of aromatic nitrogens is 2. The Hall–Kier alpha value is -2.98. The molecule has 0 aliphatic carbocycles. The summed E-state index contributed by atoms with van der Waals surface area (Å²) in [6, 6.07) is 7.44. The number of hydrogen-bond acceptors (Lipinski definition) is 5. The maximum atomic E-state index is 14.6. The molecule has 1 aliphatic heterocycles. The Balaban J connectivity index is 1.66. The van der Waals surface area contributed by atoms with Gasteiger partial charge >= 0.3 is 0 Å². The predicted octanol–water partition coefficient (Wildman–Crippen LogP) is 3.10. The van der Waals surface area contributed by atoms with Crippen LogP contribution in [0, 0.1) is 11.6 Å². The van der Waals surface area contributed by atoms with Crippen molar-refractivity contribution in [3.05, 3.63) is 63.4 Å². The molecule has 0 spiro atoms. The second-order valence-corrected chi connectivity index (χ2v) is 8.85. The summed E-state index contributed by atoms with van der Waals surface area (Å²) in [5.41, 5.74) is -0.424. The number of piperazine rings is 1. The first-order valence-electron chi connectivity index (χ1n) is 10.1. The molecule has 0 bridgehead atoms. The van der Waals surface area contributed by atoms with E-state index in [9.17, 15) is 23.2 Å². The molecule has 7 nitrogen and oxygen atoms in total. The lowest BCUT2D eigenvalue weighted by Gasteiger charge is -2.34. The first kappa shape index (κ1) is 23.2. The van der Waals surface area contributed by atoms with Gasteiger partial charge < -0.3 is 9.80 Å². The molecule has 1 fully saturated rings. The fourth-order valence-corrected chi connectivity index (χ4v) is 4.68. The normalized spacial score (nSPS) is 14.1. The monoisotopic (exact) mass is 492 g/mol. The van der Waals surface area contributed by atoms with Crippen molar-refractivity contribution in [1.82, 2.24) is 19.4 Å². The van der Waals surface area contributed by atoms with E-state index in [-0.39, 0.29) is 33.8 Å². The SMILES string of the molecule is CC(=O)N1CCN(C(=O)CSc2nc3ccc(Cl)cc3c(=O)n2-c2ccc(F)cc2F)CC1. The summed E-state index contributed by atoms with van der Waals surface area (Å²) in [7, 11) is 0. The van der Waals surface area contributed by atoms with Crippen molar-refractivity contribution >= 4 is 46.1 Å². The van der Waals surface area contributed by atoms with Gasteiger partial charge in [0.1, 0.15) is 11.6 Å². The minimum absolute atomic E-state index is 0.0396. The van der Waals surface area contributed by atoms with Gasteiger partial charge in [0.15, 0.2) is 5.16 Å². The van der Waals surface area contributed by atoms with Gasteiger partial charge in [0.2, 0.25) is 11.8 Å². The quantitative estimate of drug-likeness (QED) is 0.413. The molecule has 2 heterocycles. The molecule has 0 atom stereocenters. The molecule has 11 heteroatoms. The van der Waals surface area contributed by atoms with Crippen LogP contribution in [0.3, 0.4) is 0 Å². The van der Waals surface area contributed by atoms with E-state index in [2.05, 4.69) is 4.98 Å². The number of halogens is 3. The van der Waals surface area contributed by atoms with Gasteiger partial charge in [-0.2, -0.15) is 0 Å². The molecule has 0 unspecified atom stereocenters. The van der Waals surface area contributed by atoms with Gasteiger partial charge in [-0.05, 0) is 30.3 Å². The topological polar surface area (TPSA) is 75.5 Å². The van der Waals surface area contributed by atoms with Crippen molar-refractivity contribution in [2.75, 3.05) is 31.9 Å². The van der Waals surface area contributed by atoms with E-state index >= 15 is 0 Å². The van der Waals surface area contributed by atoms with Gasteiger partial charge in [-0.1, -0.05) is 23.4 Å². The van der Waals surface area contributed by atoms with Crippen LogP contribution in [0.2, 0.25) is 5.02 Å². The zero-order chi connectivity index (χ0) is 23.7. The third kappa shape index (κ3) is 4.86. The van der Waals surface area contributed by atoms with Crippen LogP contribution in [-0.4, -0.2) is 63.1 Å². The van der Waals surface area contributed by atoms with Crippen LogP contribution in [0.25, 0.3) is 16.6 Å². The number of rotatable bonds is 4. The van der Waals surface area contributed by atoms with E-state index in [1.807, 2.05) is 0 Å². The van der Waals surface area contributed by atoms with Gasteiger partial charge in [0.05, 0.1) is 22.3 Å². The summed E-state index contributed by atoms with van der Waals surface area (Å²) < 4.78 is 29.1. The molecule has 2 aromatic carbocycles. The fraction of sp³-hybridized carbons (Fsp3) is 0.273. The number of benzene rings is 2. The third-order valence-corrected chi connectivity index (χ3v) is 6.51. The van der Waals surface area contributed by atoms with Gasteiger partial charge in [0, 0.05) is 44.2 Å². The molecule has 3 aromatic rings. The lowest BCUT2D eigenvalue weighted by atomic mass is 10.2. The number of hydrogen-bond donors (Lipinski definition) is 0. The van der Waals surface area contributed by atoms with Crippen LogP contribution in [0.15, 0.2) is 46.3 Å². The molecule has 4 rings (SSSR count). The van der Waals surface area contributed by atoms with Crippen LogP contribution >= 0.6 is 23.4 Å². The molecule has 1 saturated heterocycles. The van der Waals surface area contributed by atoms with Gasteiger partial charge in [0.25, 0.3) is 5.56 Å². The second-order valence-electron chi connectivity index (χ2n) is 7.47. The highest BCUT2D eigenvalue weighted by molar-refractivity contribution is 7.99. The number of fused-ring (bicyclic) bond motifs is 1. The average Bonchev–Trinajstić information content (AvgIpc) is 2.79. The van der Waals surface area contributed by atoms with Crippen LogP contribution < -0.4 is 5.56 Å². The highest BCUT2D eigenvalue weighted by Crippen LogP contribution is 2.25. The summed E-state index contributed by atoms with van der Waals surface area (Å²) in [4.78, 5) is 45.2. The molecule has 0 radical (unpaired) electrons. The minimum Gasteiger partial charge on any atom is -0.339 e. The largest absolute Gasteiger partial charge is 0.339 e. The Morgan fingerprint density at radius 3 is 2.42 bits per heavy atom. The standard InChI is InChI=1S/C22H19ClF2N4O3S/c1-13(30)27-6-8-28(9-7-27)20(31)12-33-22-26-18-4-2-14(23)10-16(18)21(32)29(22)19-5-3-15(24)11-17(19)25/h2-5,10-11H,6-9,12H2,1H3. The first-order valence-corrected chi connectivity index (χ1v) is 11.4. The predicted molar refractivity (Wildman–Crippen MR) is 122 cm³/mol. The Morgan fingerprint density at radius 1 is 1.06 bits per heavy atom. The van der Waals surface area contributed by atoms with Crippen molar-refractivity contribution in [1.29, 1.82) is 0 Å². The number of carbonyl (C=O) groups excluding carboxylic acids is 2. The van der Waals surface area contributed by atoms with Crippen molar-refractivity contribution < 1.29 is 18.4 Å². The molecular weight excluding hydrogens is 474 g/mol. The van der Waals surface area contributed by atoms with Crippen LogP contribution in [0.1, 0.15) is 6.92 Å². The Kier molecular flexibility index (Phi) is 6.66. The van der Waals surface area contributed by atoms with Gasteiger partial charge in [-0.3, -0.25) is 19.0 Å². The van der Waals surface area contributed by atoms with Gasteiger partial charge in [-0.15, -0.1) is 0 Å². The van der Waals surface area contributed by atoms with E-state index in [1.54, 1.807) is 21.9 Å². The maximum Gasteiger partial charge on any atom is 0.266 e. The van der Waals surface area contributed by atoms with E-state index in [0.29, 0.717) is 42.8 Å². The Bertz CT molecular complexity index is 1310. The second kappa shape index (κ2) is 9.48. The Morgan fingerprint density at radius 2 is 1.76 bits per heavy atom. The number of carbonyl (C=O) groups is 2. The van der Waals surface area contributed by atoms with E-state index in [4.69, 9.17) is 11.6 Å². The van der Waals surface area contributed by atoms with Crippen molar-refractivity contribution in [2.24, 2.45) is 0 Å². The van der Waals surface area contributed by atoms with Crippen molar-refractivity contribution in [3.63, 3.8) is 0 Å². The minimum atomic E-state index is -0.936. The average molecular weight is 493 g/mol. The Labute approximate surface area is 196 Å². The molecule has 0 saturated carbocycles. The number of amides is 2. The van der Waals surface area contributed by atoms with Crippen LogP contribution in [0.5, 0.6) is 0 Å². The summed E-state index contributed by atoms with van der Waals surface area (Å²) in [5.74, 6) is -2.00. The molecule has 0 N–H and O–H groups in total. The summed E-state index contributed by atoms with van der Waals surface area (Å²) in [6.45, 7) is 3.20. The highest BCUT2D eigenvalue weighted by atomic mass is 35.5. The van der Waals surface area contributed by atoms with Crippen molar-refractivity contribution in [2.45, 2.75) is 12.1 Å². The zero-order valence-electron chi connectivity index (χ0n) is 17.6. The van der Waals surface area contributed by atoms with E-state index in [1.165, 1.54) is 13.0 Å². The fourth-order valence-electron chi connectivity index (χ4n) is 3.60. The summed E-state index contributed by atoms with van der Waals surface area (Å²) in [6.07, 6.45) is 0. The van der Waals surface area contributed by atoms with Crippen LogP contribution in [-0.2, 0) is 9.59 Å². The molecule has 1 aliphatic rings. The number of thioether (sulfide) groups is 1. The van der Waals surface area contributed by atoms with Crippen molar-refractivity contribution in [3.8, 4) is 5.69 Å². The molecule has 33 heavy (non-hydrogen) atoms. The zero-order valence-corrected chi connectivity index (χ0v) is 19.1. The third-order valence-electron chi connectivity index (χ3n) is 5.35. The summed E-state index contributed by atoms with van der Waals surface area (Å²) in [5, 5.41) is 0.575. The number of nitrogens with zero attached hydrogens (tertiary/aromatic N) is 4. The smallest absolute Gasteiger partial charge is 0.266 e. The first-order chi connectivity index (χ1) is 15.7. The van der Waals surface area contributed by atoms with Gasteiger partial charge in [-0.25, -0.2) is 13.8 Å². The highest BCUT2D eigenvalue weighted by Gasteiger charge is 2.24.